The maximum absolute atomic E-state index is 5.83. The molecule has 0 unspecified atom stereocenters. The van der Waals surface area contributed by atoms with E-state index < -0.39 is 0 Å². The van der Waals surface area contributed by atoms with Crippen LogP contribution in [0.5, 0.6) is 0 Å². The highest BCUT2D eigenvalue weighted by atomic mass is 35.5. The van der Waals surface area contributed by atoms with Crippen LogP contribution in [0.4, 0.5) is 0 Å². The van der Waals surface area contributed by atoms with Gasteiger partial charge in [-0.25, -0.2) is 4.98 Å². The summed E-state index contributed by atoms with van der Waals surface area (Å²) in [5.74, 6) is 1.98. The highest BCUT2D eigenvalue weighted by Gasteiger charge is 2.10. The van der Waals surface area contributed by atoms with Crippen LogP contribution in [0.1, 0.15) is 11.6 Å². The van der Waals surface area contributed by atoms with Crippen LogP contribution in [0, 0.1) is 6.92 Å². The van der Waals surface area contributed by atoms with Gasteiger partial charge in [0.2, 0.25) is 0 Å². The van der Waals surface area contributed by atoms with Gasteiger partial charge in [-0.15, -0.1) is 11.6 Å². The van der Waals surface area contributed by atoms with Crippen LogP contribution in [0.3, 0.4) is 0 Å². The van der Waals surface area contributed by atoms with Crippen molar-refractivity contribution in [1.29, 1.82) is 0 Å². The number of aromatic nitrogens is 1. The first-order chi connectivity index (χ1) is 7.70. The molecule has 0 aliphatic carbocycles. The molecule has 0 spiro atoms. The van der Waals surface area contributed by atoms with Crippen molar-refractivity contribution in [1.82, 2.24) is 4.98 Å². The van der Waals surface area contributed by atoms with Crippen LogP contribution >= 0.6 is 23.2 Å². The van der Waals surface area contributed by atoms with E-state index in [9.17, 15) is 0 Å². The monoisotopic (exact) mass is 255 g/mol. The number of benzene rings is 1. The molecule has 0 aliphatic rings. The molecule has 16 heavy (non-hydrogen) atoms. The molecule has 2 rings (SSSR count). The fraction of sp³-hybridized carbons (Fsp3) is 0.250. The normalized spacial score (nSPS) is 10.7. The van der Waals surface area contributed by atoms with E-state index >= 15 is 0 Å². The lowest BCUT2D eigenvalue weighted by molar-refractivity contribution is 0.514. The summed E-state index contributed by atoms with van der Waals surface area (Å²) in [6.45, 7) is 1.92. The van der Waals surface area contributed by atoms with Gasteiger partial charge in [0.25, 0.3) is 0 Å². The Labute approximate surface area is 104 Å². The van der Waals surface area contributed by atoms with Crippen LogP contribution in [0.15, 0.2) is 28.7 Å². The van der Waals surface area contributed by atoms with Gasteiger partial charge >= 0.3 is 0 Å². The lowest BCUT2D eigenvalue weighted by Gasteiger charge is -1.97. The van der Waals surface area contributed by atoms with E-state index in [1.807, 2.05) is 31.2 Å². The summed E-state index contributed by atoms with van der Waals surface area (Å²) in [6.07, 6.45) is 0.649. The average Bonchev–Trinajstić information content (AvgIpc) is 2.61. The van der Waals surface area contributed by atoms with Gasteiger partial charge in [-0.05, 0) is 31.2 Å². The Morgan fingerprint density at radius 3 is 2.56 bits per heavy atom. The van der Waals surface area contributed by atoms with Gasteiger partial charge in [-0.1, -0.05) is 11.6 Å². The lowest BCUT2D eigenvalue weighted by Crippen LogP contribution is -1.84. The standard InChI is InChI=1S/C12H11Cl2NO/c1-8-12(16-11(15-8)6-7-13)9-2-4-10(14)5-3-9/h2-5H,6-7H2,1H3. The van der Waals surface area contributed by atoms with Crippen molar-refractivity contribution >= 4 is 23.2 Å². The van der Waals surface area contributed by atoms with Crippen molar-refractivity contribution in [2.24, 2.45) is 0 Å². The zero-order valence-corrected chi connectivity index (χ0v) is 10.3. The molecule has 4 heteroatoms. The van der Waals surface area contributed by atoms with Crippen LogP contribution in [0.25, 0.3) is 11.3 Å². The molecule has 0 N–H and O–H groups in total. The molecule has 0 amide bonds. The summed E-state index contributed by atoms with van der Waals surface area (Å²) < 4.78 is 5.64. The van der Waals surface area contributed by atoms with E-state index in [0.29, 0.717) is 23.2 Å². The summed E-state index contributed by atoms with van der Waals surface area (Å²) >= 11 is 11.5. The number of hydrogen-bond donors (Lipinski definition) is 0. The maximum Gasteiger partial charge on any atom is 0.196 e. The predicted molar refractivity (Wildman–Crippen MR) is 66.1 cm³/mol. The number of halogens is 2. The van der Waals surface area contributed by atoms with Crippen LogP contribution in [0.2, 0.25) is 5.02 Å². The van der Waals surface area contributed by atoms with Gasteiger partial charge < -0.3 is 4.42 Å². The SMILES string of the molecule is Cc1nc(CCCl)oc1-c1ccc(Cl)cc1. The Bertz CT molecular complexity index is 476. The Balaban J connectivity index is 2.36. The first kappa shape index (κ1) is 11.5. The van der Waals surface area contributed by atoms with Gasteiger partial charge in [0.15, 0.2) is 11.7 Å². The molecule has 1 heterocycles. The van der Waals surface area contributed by atoms with E-state index in [1.54, 1.807) is 0 Å². The van der Waals surface area contributed by atoms with Crippen molar-refractivity contribution in [3.63, 3.8) is 0 Å². The van der Waals surface area contributed by atoms with E-state index in [1.165, 1.54) is 0 Å². The highest BCUT2D eigenvalue weighted by molar-refractivity contribution is 6.30. The Morgan fingerprint density at radius 2 is 1.94 bits per heavy atom. The van der Waals surface area contributed by atoms with Crippen molar-refractivity contribution in [3.05, 3.63) is 40.9 Å². The molecule has 0 radical (unpaired) electrons. The summed E-state index contributed by atoms with van der Waals surface area (Å²) in [5.41, 5.74) is 1.86. The maximum atomic E-state index is 5.83. The second kappa shape index (κ2) is 4.89. The summed E-state index contributed by atoms with van der Waals surface area (Å²) in [4.78, 5) is 4.32. The molecule has 1 aromatic heterocycles. The predicted octanol–water partition coefficient (Wildman–Crippen LogP) is 4.08. The molecule has 0 aliphatic heterocycles. The minimum Gasteiger partial charge on any atom is -0.440 e. The largest absolute Gasteiger partial charge is 0.440 e. The minimum absolute atomic E-state index is 0.514. The quantitative estimate of drug-likeness (QED) is 0.773. The molecule has 0 atom stereocenters. The van der Waals surface area contributed by atoms with Gasteiger partial charge in [-0.3, -0.25) is 0 Å². The molecule has 0 bridgehead atoms. The number of rotatable bonds is 3. The van der Waals surface area contributed by atoms with E-state index in [-0.39, 0.29) is 0 Å². The molecule has 2 aromatic rings. The fourth-order valence-corrected chi connectivity index (χ4v) is 1.80. The van der Waals surface area contributed by atoms with E-state index in [0.717, 1.165) is 17.0 Å². The third-order valence-corrected chi connectivity index (χ3v) is 2.70. The van der Waals surface area contributed by atoms with Crippen molar-refractivity contribution in [2.45, 2.75) is 13.3 Å². The van der Waals surface area contributed by atoms with Crippen molar-refractivity contribution in [3.8, 4) is 11.3 Å². The lowest BCUT2D eigenvalue weighted by atomic mass is 10.1. The number of alkyl halides is 1. The van der Waals surface area contributed by atoms with Gasteiger partial charge in [0, 0.05) is 22.9 Å². The Hall–Kier alpha value is -0.990. The van der Waals surface area contributed by atoms with Crippen molar-refractivity contribution < 1.29 is 4.42 Å². The Morgan fingerprint density at radius 1 is 1.25 bits per heavy atom. The summed E-state index contributed by atoms with van der Waals surface area (Å²) in [7, 11) is 0. The van der Waals surface area contributed by atoms with Gasteiger partial charge in [-0.2, -0.15) is 0 Å². The van der Waals surface area contributed by atoms with Crippen molar-refractivity contribution in [2.75, 3.05) is 5.88 Å². The third-order valence-electron chi connectivity index (χ3n) is 2.26. The molecule has 2 nitrogen and oxygen atoms in total. The van der Waals surface area contributed by atoms with Gasteiger partial charge in [0.1, 0.15) is 0 Å². The number of nitrogens with zero attached hydrogens (tertiary/aromatic N) is 1. The number of hydrogen-bond acceptors (Lipinski definition) is 2. The average molecular weight is 256 g/mol. The zero-order valence-electron chi connectivity index (χ0n) is 8.84. The minimum atomic E-state index is 0.514. The molecule has 0 saturated carbocycles. The van der Waals surface area contributed by atoms with Crippen LogP contribution < -0.4 is 0 Å². The molecular formula is C12H11Cl2NO. The highest BCUT2D eigenvalue weighted by Crippen LogP contribution is 2.25. The molecule has 1 aromatic carbocycles. The molecule has 0 fully saturated rings. The van der Waals surface area contributed by atoms with Crippen LogP contribution in [-0.4, -0.2) is 10.9 Å². The fourth-order valence-electron chi connectivity index (χ4n) is 1.51. The zero-order chi connectivity index (χ0) is 11.5. The first-order valence-electron chi connectivity index (χ1n) is 4.99. The summed E-state index contributed by atoms with van der Waals surface area (Å²) in [6, 6.07) is 7.50. The molecular weight excluding hydrogens is 245 g/mol. The third kappa shape index (κ3) is 2.39. The van der Waals surface area contributed by atoms with E-state index in [4.69, 9.17) is 27.6 Å². The van der Waals surface area contributed by atoms with Crippen LogP contribution in [-0.2, 0) is 6.42 Å². The van der Waals surface area contributed by atoms with Gasteiger partial charge in [0.05, 0.1) is 5.69 Å². The first-order valence-corrected chi connectivity index (χ1v) is 5.90. The van der Waals surface area contributed by atoms with E-state index in [2.05, 4.69) is 4.98 Å². The smallest absolute Gasteiger partial charge is 0.196 e. The number of oxazole rings is 1. The second-order valence-corrected chi connectivity index (χ2v) is 4.28. The summed E-state index contributed by atoms with van der Waals surface area (Å²) in [5, 5.41) is 0.710. The second-order valence-electron chi connectivity index (χ2n) is 3.47. The topological polar surface area (TPSA) is 26.0 Å². The molecule has 84 valence electrons. The number of aryl methyl sites for hydroxylation is 2. The Kier molecular flexibility index (Phi) is 3.52. The molecule has 0 saturated heterocycles.